The number of fused-ring (bicyclic) bond motifs is 1. The van der Waals surface area contributed by atoms with Crippen LogP contribution in [0, 0.1) is 0 Å². The Kier molecular flexibility index (Phi) is 2.61. The predicted molar refractivity (Wildman–Crippen MR) is 58.1 cm³/mol. The Bertz CT molecular complexity index is 298. The molecule has 0 saturated carbocycles. The van der Waals surface area contributed by atoms with Crippen LogP contribution >= 0.6 is 11.8 Å². The fourth-order valence-electron chi connectivity index (χ4n) is 1.50. The highest BCUT2D eigenvalue weighted by molar-refractivity contribution is 8.00. The highest BCUT2D eigenvalue weighted by Gasteiger charge is 2.18. The van der Waals surface area contributed by atoms with Gasteiger partial charge in [-0.25, -0.2) is 0 Å². The average molecular weight is 193 g/mol. The third kappa shape index (κ3) is 1.89. The second-order valence-electron chi connectivity index (χ2n) is 3.60. The molecule has 1 aliphatic heterocycles. The van der Waals surface area contributed by atoms with Gasteiger partial charge in [0.05, 0.1) is 0 Å². The van der Waals surface area contributed by atoms with Crippen molar-refractivity contribution < 1.29 is 0 Å². The summed E-state index contributed by atoms with van der Waals surface area (Å²) in [5, 5.41) is 4.19. The van der Waals surface area contributed by atoms with E-state index in [0.29, 0.717) is 11.3 Å². The van der Waals surface area contributed by atoms with Crippen LogP contribution in [0.2, 0.25) is 0 Å². The average Bonchev–Trinajstić information content (AvgIpc) is 2.28. The fourth-order valence-corrected chi connectivity index (χ4v) is 2.65. The second-order valence-corrected chi connectivity index (χ2v) is 5.02. The molecule has 70 valence electrons. The maximum Gasteiger partial charge on any atom is 0.0219 e. The van der Waals surface area contributed by atoms with Gasteiger partial charge in [-0.15, -0.1) is 11.8 Å². The van der Waals surface area contributed by atoms with E-state index in [1.54, 1.807) is 0 Å². The van der Waals surface area contributed by atoms with Crippen LogP contribution in [0.1, 0.15) is 19.4 Å². The first-order valence-corrected chi connectivity index (χ1v) is 5.63. The Hall–Kier alpha value is -0.470. The molecule has 0 saturated heterocycles. The fraction of sp³-hybridized carbons (Fsp3) is 0.455. The number of thioether (sulfide) groups is 1. The first-order valence-electron chi connectivity index (χ1n) is 4.75. The van der Waals surface area contributed by atoms with E-state index in [0.717, 1.165) is 6.54 Å². The summed E-state index contributed by atoms with van der Waals surface area (Å²) >= 11 is 1.98. The number of hydrogen-bond donors (Lipinski definition) is 1. The van der Waals surface area contributed by atoms with E-state index < -0.39 is 0 Å². The second kappa shape index (κ2) is 3.72. The van der Waals surface area contributed by atoms with Crippen molar-refractivity contribution in [2.75, 3.05) is 0 Å². The maximum atomic E-state index is 3.53. The van der Waals surface area contributed by atoms with Gasteiger partial charge in [0.15, 0.2) is 0 Å². The molecule has 1 heterocycles. The molecule has 0 amide bonds. The van der Waals surface area contributed by atoms with Gasteiger partial charge in [-0.3, -0.25) is 0 Å². The molecule has 0 radical (unpaired) electrons. The van der Waals surface area contributed by atoms with E-state index in [2.05, 4.69) is 43.4 Å². The summed E-state index contributed by atoms with van der Waals surface area (Å²) in [6, 6.07) is 9.25. The SMILES string of the molecule is CC1NCc2ccccc2SC1C. The number of benzene rings is 1. The number of rotatable bonds is 0. The molecule has 0 spiro atoms. The normalized spacial score (nSPS) is 27.8. The molecule has 2 atom stereocenters. The smallest absolute Gasteiger partial charge is 0.0219 e. The molecule has 0 bridgehead atoms. The molecular formula is C11H15NS. The molecular weight excluding hydrogens is 178 g/mol. The quantitative estimate of drug-likeness (QED) is 0.680. The van der Waals surface area contributed by atoms with Crippen LogP contribution in [0.4, 0.5) is 0 Å². The van der Waals surface area contributed by atoms with E-state index in [1.165, 1.54) is 10.5 Å². The molecule has 1 aromatic rings. The summed E-state index contributed by atoms with van der Waals surface area (Å²) in [6.07, 6.45) is 0. The standard InChI is InChI=1S/C11H15NS/c1-8-9(2)13-11-6-4-3-5-10(11)7-12-8/h3-6,8-9,12H,7H2,1-2H3. The van der Waals surface area contributed by atoms with Crippen molar-refractivity contribution in [2.45, 2.75) is 36.6 Å². The minimum absolute atomic E-state index is 0.595. The molecule has 1 N–H and O–H groups in total. The van der Waals surface area contributed by atoms with Crippen LogP contribution in [0.3, 0.4) is 0 Å². The molecule has 1 aromatic carbocycles. The van der Waals surface area contributed by atoms with Crippen molar-refractivity contribution >= 4 is 11.8 Å². The first kappa shape index (κ1) is 9.10. The van der Waals surface area contributed by atoms with E-state index in [9.17, 15) is 0 Å². The predicted octanol–water partition coefficient (Wildman–Crippen LogP) is 2.66. The van der Waals surface area contributed by atoms with Gasteiger partial charge in [0.1, 0.15) is 0 Å². The largest absolute Gasteiger partial charge is 0.309 e. The first-order chi connectivity index (χ1) is 6.27. The van der Waals surface area contributed by atoms with Gasteiger partial charge in [-0.1, -0.05) is 25.1 Å². The van der Waals surface area contributed by atoms with Crippen LogP contribution in [0.5, 0.6) is 0 Å². The zero-order valence-electron chi connectivity index (χ0n) is 8.08. The Labute approximate surface area is 83.9 Å². The third-order valence-electron chi connectivity index (χ3n) is 2.60. The van der Waals surface area contributed by atoms with Gasteiger partial charge in [0.2, 0.25) is 0 Å². The van der Waals surface area contributed by atoms with Gasteiger partial charge < -0.3 is 5.32 Å². The van der Waals surface area contributed by atoms with Crippen molar-refractivity contribution in [3.63, 3.8) is 0 Å². The van der Waals surface area contributed by atoms with Crippen molar-refractivity contribution in [2.24, 2.45) is 0 Å². The zero-order valence-corrected chi connectivity index (χ0v) is 8.90. The molecule has 1 aliphatic rings. The maximum absolute atomic E-state index is 3.53. The molecule has 1 nitrogen and oxygen atoms in total. The van der Waals surface area contributed by atoms with Crippen LogP contribution < -0.4 is 5.32 Å². The lowest BCUT2D eigenvalue weighted by molar-refractivity contribution is 0.548. The minimum atomic E-state index is 0.595. The molecule has 2 heteroatoms. The molecule has 2 unspecified atom stereocenters. The minimum Gasteiger partial charge on any atom is -0.309 e. The molecule has 0 aliphatic carbocycles. The summed E-state index contributed by atoms with van der Waals surface area (Å²) in [5.41, 5.74) is 1.43. The molecule has 0 aromatic heterocycles. The van der Waals surface area contributed by atoms with Gasteiger partial charge in [0, 0.05) is 22.7 Å². The van der Waals surface area contributed by atoms with Crippen molar-refractivity contribution in [3.05, 3.63) is 29.8 Å². The van der Waals surface area contributed by atoms with Crippen molar-refractivity contribution in [1.82, 2.24) is 5.32 Å². The summed E-state index contributed by atoms with van der Waals surface area (Å²) in [7, 11) is 0. The van der Waals surface area contributed by atoms with Crippen molar-refractivity contribution in [3.8, 4) is 0 Å². The van der Waals surface area contributed by atoms with Crippen LogP contribution in [-0.2, 0) is 6.54 Å². The van der Waals surface area contributed by atoms with Gasteiger partial charge in [0.25, 0.3) is 0 Å². The Balaban J connectivity index is 2.29. The van der Waals surface area contributed by atoms with E-state index >= 15 is 0 Å². The van der Waals surface area contributed by atoms with Crippen LogP contribution in [-0.4, -0.2) is 11.3 Å². The van der Waals surface area contributed by atoms with E-state index in [4.69, 9.17) is 0 Å². The Morgan fingerprint density at radius 3 is 2.92 bits per heavy atom. The molecule has 0 fully saturated rings. The monoisotopic (exact) mass is 193 g/mol. The lowest BCUT2D eigenvalue weighted by Crippen LogP contribution is -2.31. The number of hydrogen-bond acceptors (Lipinski definition) is 2. The lowest BCUT2D eigenvalue weighted by atomic mass is 10.2. The highest BCUT2D eigenvalue weighted by atomic mass is 32.2. The summed E-state index contributed by atoms with van der Waals surface area (Å²) < 4.78 is 0. The van der Waals surface area contributed by atoms with Crippen molar-refractivity contribution in [1.29, 1.82) is 0 Å². The van der Waals surface area contributed by atoms with Gasteiger partial charge >= 0.3 is 0 Å². The summed E-state index contributed by atoms with van der Waals surface area (Å²) in [5.74, 6) is 0. The van der Waals surface area contributed by atoms with Crippen LogP contribution in [0.15, 0.2) is 29.2 Å². The topological polar surface area (TPSA) is 12.0 Å². The Morgan fingerprint density at radius 2 is 2.08 bits per heavy atom. The number of nitrogens with one attached hydrogen (secondary N) is 1. The molecule has 2 rings (SSSR count). The molecule has 13 heavy (non-hydrogen) atoms. The van der Waals surface area contributed by atoms with Gasteiger partial charge in [-0.2, -0.15) is 0 Å². The zero-order chi connectivity index (χ0) is 9.26. The summed E-state index contributed by atoms with van der Waals surface area (Å²) in [6.45, 7) is 5.54. The van der Waals surface area contributed by atoms with Crippen LogP contribution in [0.25, 0.3) is 0 Å². The third-order valence-corrected chi connectivity index (χ3v) is 4.04. The Morgan fingerprint density at radius 1 is 1.31 bits per heavy atom. The summed E-state index contributed by atoms with van der Waals surface area (Å²) in [4.78, 5) is 1.44. The van der Waals surface area contributed by atoms with E-state index in [-0.39, 0.29) is 0 Å². The van der Waals surface area contributed by atoms with Gasteiger partial charge in [-0.05, 0) is 18.6 Å². The van der Waals surface area contributed by atoms with E-state index in [1.807, 2.05) is 11.8 Å². The lowest BCUT2D eigenvalue weighted by Gasteiger charge is -2.15. The highest BCUT2D eigenvalue weighted by Crippen LogP contribution is 2.30.